The Labute approximate surface area is 160 Å². The average molecular weight is 385 g/mol. The lowest BCUT2D eigenvalue weighted by atomic mass is 10.2. The number of nitrogens with one attached hydrogen (secondary N) is 1. The predicted octanol–water partition coefficient (Wildman–Crippen LogP) is 2.72. The maximum atomic E-state index is 12.3. The fourth-order valence-electron chi connectivity index (χ4n) is 2.43. The van der Waals surface area contributed by atoms with Gasteiger partial charge in [-0.15, -0.1) is 5.10 Å². The van der Waals surface area contributed by atoms with E-state index in [0.29, 0.717) is 22.3 Å². The highest BCUT2D eigenvalue weighted by atomic mass is 32.2. The summed E-state index contributed by atoms with van der Waals surface area (Å²) in [5.74, 6) is 1.14. The van der Waals surface area contributed by atoms with E-state index in [0.717, 1.165) is 11.3 Å². The molecule has 0 aliphatic heterocycles. The molecule has 8 nitrogen and oxygen atoms in total. The summed E-state index contributed by atoms with van der Waals surface area (Å²) in [5, 5.41) is 15.1. The van der Waals surface area contributed by atoms with Gasteiger partial charge in [-0.25, -0.2) is 0 Å². The summed E-state index contributed by atoms with van der Waals surface area (Å²) in [7, 11) is 3.11. The molecule has 1 aromatic heterocycles. The lowest BCUT2D eigenvalue weighted by molar-refractivity contribution is -0.113. The molecule has 3 rings (SSSR count). The maximum Gasteiger partial charge on any atom is 0.234 e. The zero-order valence-electron chi connectivity index (χ0n) is 15.2. The fourth-order valence-corrected chi connectivity index (χ4v) is 3.12. The van der Waals surface area contributed by atoms with E-state index >= 15 is 0 Å². The number of amides is 1. The summed E-state index contributed by atoms with van der Waals surface area (Å²) in [6, 6.07) is 13.0. The number of carbonyl (C=O) groups excluding carboxylic acids is 1. The molecule has 3 aromatic rings. The van der Waals surface area contributed by atoms with Crippen molar-refractivity contribution in [3.05, 3.63) is 48.0 Å². The molecule has 0 saturated carbocycles. The number of thioether (sulfide) groups is 1. The minimum Gasteiger partial charge on any atom is -0.493 e. The third kappa shape index (κ3) is 4.56. The molecule has 0 bridgehead atoms. The van der Waals surface area contributed by atoms with E-state index in [1.54, 1.807) is 37.1 Å². The van der Waals surface area contributed by atoms with E-state index in [2.05, 4.69) is 20.8 Å². The zero-order chi connectivity index (χ0) is 19.2. The average Bonchev–Trinajstić information content (AvgIpc) is 3.15. The Morgan fingerprint density at radius 3 is 2.70 bits per heavy atom. The molecule has 0 saturated heterocycles. The van der Waals surface area contributed by atoms with Crippen molar-refractivity contribution in [2.75, 3.05) is 25.3 Å². The Balaban J connectivity index is 1.64. The molecule has 0 spiro atoms. The van der Waals surface area contributed by atoms with Crippen LogP contribution in [0.1, 0.15) is 5.56 Å². The molecule has 1 heterocycles. The van der Waals surface area contributed by atoms with Crippen LogP contribution < -0.4 is 14.8 Å². The minimum atomic E-state index is -0.175. The van der Waals surface area contributed by atoms with Gasteiger partial charge in [0.15, 0.2) is 11.5 Å². The monoisotopic (exact) mass is 385 g/mol. The van der Waals surface area contributed by atoms with Crippen molar-refractivity contribution in [2.45, 2.75) is 12.1 Å². The molecule has 9 heteroatoms. The third-order valence-corrected chi connectivity index (χ3v) is 4.61. The van der Waals surface area contributed by atoms with Crippen LogP contribution in [-0.2, 0) is 4.79 Å². The summed E-state index contributed by atoms with van der Waals surface area (Å²) in [5.41, 5.74) is 2.57. The molecular weight excluding hydrogens is 366 g/mol. The normalized spacial score (nSPS) is 10.5. The molecule has 1 amide bonds. The number of anilines is 1. The lowest BCUT2D eigenvalue weighted by Gasteiger charge is -2.10. The maximum absolute atomic E-state index is 12.3. The van der Waals surface area contributed by atoms with Gasteiger partial charge in [-0.05, 0) is 47.2 Å². The summed E-state index contributed by atoms with van der Waals surface area (Å²) in [6.45, 7) is 2.00. The van der Waals surface area contributed by atoms with Crippen molar-refractivity contribution in [1.29, 1.82) is 0 Å². The van der Waals surface area contributed by atoms with Crippen molar-refractivity contribution >= 4 is 23.4 Å². The number of nitrogens with zero attached hydrogens (tertiary/aromatic N) is 4. The SMILES string of the molecule is COc1ccc(NC(=O)CSc2nnnn2-c2cccc(C)c2)cc1OC. The first-order valence-corrected chi connectivity index (χ1v) is 9.09. The number of ether oxygens (including phenoxy) is 2. The van der Waals surface area contributed by atoms with Crippen LogP contribution in [0, 0.1) is 6.92 Å². The summed E-state index contributed by atoms with van der Waals surface area (Å²) in [6.07, 6.45) is 0. The topological polar surface area (TPSA) is 91.2 Å². The van der Waals surface area contributed by atoms with Gasteiger partial charge in [-0.1, -0.05) is 23.9 Å². The standard InChI is InChI=1S/C18H19N5O3S/c1-12-5-4-6-14(9-12)23-18(20-21-22-23)27-11-17(24)19-13-7-8-15(25-2)16(10-13)26-3/h4-10H,11H2,1-3H3,(H,19,24). The van der Waals surface area contributed by atoms with Crippen LogP contribution in [0.2, 0.25) is 0 Å². The van der Waals surface area contributed by atoms with E-state index < -0.39 is 0 Å². The molecular formula is C18H19N5O3S. The van der Waals surface area contributed by atoms with E-state index in [9.17, 15) is 4.79 Å². The second-order valence-corrected chi connectivity index (χ2v) is 6.56. The van der Waals surface area contributed by atoms with Crippen molar-refractivity contribution in [3.8, 4) is 17.2 Å². The van der Waals surface area contributed by atoms with E-state index in [-0.39, 0.29) is 11.7 Å². The Bertz CT molecular complexity index is 944. The quantitative estimate of drug-likeness (QED) is 0.625. The number of methoxy groups -OCH3 is 2. The van der Waals surface area contributed by atoms with Gasteiger partial charge in [0.05, 0.1) is 25.7 Å². The summed E-state index contributed by atoms with van der Waals surface area (Å²) in [4.78, 5) is 12.3. The minimum absolute atomic E-state index is 0.167. The highest BCUT2D eigenvalue weighted by Gasteiger charge is 2.13. The number of tetrazole rings is 1. The van der Waals surface area contributed by atoms with Gasteiger partial charge in [-0.2, -0.15) is 4.68 Å². The van der Waals surface area contributed by atoms with Gasteiger partial charge in [0.25, 0.3) is 0 Å². The van der Waals surface area contributed by atoms with Crippen molar-refractivity contribution in [1.82, 2.24) is 20.2 Å². The fraction of sp³-hybridized carbons (Fsp3) is 0.222. The highest BCUT2D eigenvalue weighted by molar-refractivity contribution is 7.99. The van der Waals surface area contributed by atoms with Gasteiger partial charge in [-0.3, -0.25) is 4.79 Å². The van der Waals surface area contributed by atoms with Gasteiger partial charge in [0.1, 0.15) is 0 Å². The summed E-state index contributed by atoms with van der Waals surface area (Å²) < 4.78 is 12.0. The van der Waals surface area contributed by atoms with E-state index in [1.807, 2.05) is 31.2 Å². The largest absolute Gasteiger partial charge is 0.493 e. The first kappa shape index (κ1) is 18.7. The number of hydrogen-bond acceptors (Lipinski definition) is 7. The van der Waals surface area contributed by atoms with Crippen LogP contribution in [-0.4, -0.2) is 46.1 Å². The Kier molecular flexibility index (Phi) is 5.92. The van der Waals surface area contributed by atoms with Crippen molar-refractivity contribution in [3.63, 3.8) is 0 Å². The van der Waals surface area contributed by atoms with E-state index in [1.165, 1.54) is 11.8 Å². The number of aryl methyl sites for hydroxylation is 1. The Hall–Kier alpha value is -3.07. The van der Waals surface area contributed by atoms with Crippen LogP contribution in [0.5, 0.6) is 11.5 Å². The number of carbonyl (C=O) groups is 1. The second-order valence-electron chi connectivity index (χ2n) is 5.62. The molecule has 27 heavy (non-hydrogen) atoms. The van der Waals surface area contributed by atoms with Crippen molar-refractivity contribution < 1.29 is 14.3 Å². The van der Waals surface area contributed by atoms with Crippen LogP contribution in [0.25, 0.3) is 5.69 Å². The lowest BCUT2D eigenvalue weighted by Crippen LogP contribution is -2.14. The zero-order valence-corrected chi connectivity index (χ0v) is 16.0. The molecule has 0 radical (unpaired) electrons. The molecule has 0 atom stereocenters. The molecule has 0 aliphatic carbocycles. The highest BCUT2D eigenvalue weighted by Crippen LogP contribution is 2.30. The molecule has 0 unspecified atom stereocenters. The summed E-state index contributed by atoms with van der Waals surface area (Å²) >= 11 is 1.26. The molecule has 0 aliphatic rings. The van der Waals surface area contributed by atoms with E-state index in [4.69, 9.17) is 9.47 Å². The van der Waals surface area contributed by atoms with Gasteiger partial charge >= 0.3 is 0 Å². The van der Waals surface area contributed by atoms with Crippen LogP contribution in [0.4, 0.5) is 5.69 Å². The van der Waals surface area contributed by atoms with Crippen LogP contribution in [0.15, 0.2) is 47.6 Å². The first-order valence-electron chi connectivity index (χ1n) is 8.11. The second kappa shape index (κ2) is 8.54. The molecule has 0 fully saturated rings. The Morgan fingerprint density at radius 1 is 1.15 bits per heavy atom. The number of aromatic nitrogens is 4. The number of rotatable bonds is 7. The van der Waals surface area contributed by atoms with Crippen LogP contribution in [0.3, 0.4) is 0 Å². The van der Waals surface area contributed by atoms with Gasteiger partial charge < -0.3 is 14.8 Å². The van der Waals surface area contributed by atoms with Crippen molar-refractivity contribution in [2.24, 2.45) is 0 Å². The number of benzene rings is 2. The van der Waals surface area contributed by atoms with Gasteiger partial charge in [0, 0.05) is 11.8 Å². The molecule has 2 aromatic carbocycles. The van der Waals surface area contributed by atoms with Crippen LogP contribution >= 0.6 is 11.8 Å². The first-order chi connectivity index (χ1) is 13.1. The Morgan fingerprint density at radius 2 is 1.96 bits per heavy atom. The van der Waals surface area contributed by atoms with Gasteiger partial charge in [0.2, 0.25) is 11.1 Å². The number of hydrogen-bond donors (Lipinski definition) is 1. The smallest absolute Gasteiger partial charge is 0.234 e. The predicted molar refractivity (Wildman–Crippen MR) is 103 cm³/mol. The third-order valence-electron chi connectivity index (χ3n) is 3.69. The molecule has 140 valence electrons. The molecule has 1 N–H and O–H groups in total.